The Bertz CT molecular complexity index is 780. The van der Waals surface area contributed by atoms with Gasteiger partial charge in [-0.2, -0.15) is 0 Å². The molecule has 1 aliphatic heterocycles. The van der Waals surface area contributed by atoms with Crippen LogP contribution in [0.3, 0.4) is 0 Å². The summed E-state index contributed by atoms with van der Waals surface area (Å²) in [6, 6.07) is 10.1. The van der Waals surface area contributed by atoms with Gasteiger partial charge in [-0.25, -0.2) is 0 Å². The van der Waals surface area contributed by atoms with Crippen molar-refractivity contribution in [1.82, 2.24) is 4.98 Å². The lowest BCUT2D eigenvalue weighted by atomic mass is 10.1. The number of hydrogen-bond acceptors (Lipinski definition) is 4. The zero-order chi connectivity index (χ0) is 19.2. The third-order valence-electron chi connectivity index (χ3n) is 5.28. The first-order valence-corrected chi connectivity index (χ1v) is 10.00. The van der Waals surface area contributed by atoms with Gasteiger partial charge in [0.2, 0.25) is 0 Å². The minimum absolute atomic E-state index is 0.160. The SMILES string of the molecule is CCN(CC)c1ccc(NC(=O)c2cc(N3CCCCC3)ccn2)c(C)c1. The molecule has 5 heteroatoms. The number of nitrogens with zero attached hydrogens (tertiary/aromatic N) is 3. The summed E-state index contributed by atoms with van der Waals surface area (Å²) in [5, 5.41) is 3.02. The number of carbonyl (C=O) groups is 1. The Morgan fingerprint density at radius 1 is 1.11 bits per heavy atom. The molecule has 1 aromatic carbocycles. The van der Waals surface area contributed by atoms with Crippen LogP contribution < -0.4 is 15.1 Å². The molecule has 5 nitrogen and oxygen atoms in total. The van der Waals surface area contributed by atoms with Gasteiger partial charge in [-0.15, -0.1) is 0 Å². The van der Waals surface area contributed by atoms with E-state index in [0.717, 1.165) is 43.1 Å². The van der Waals surface area contributed by atoms with Crippen LogP contribution in [0.4, 0.5) is 17.1 Å². The first kappa shape index (κ1) is 19.2. The molecule has 1 N–H and O–H groups in total. The molecule has 1 aromatic heterocycles. The Hall–Kier alpha value is -2.56. The molecule has 1 aliphatic rings. The van der Waals surface area contributed by atoms with Crippen molar-refractivity contribution in [2.45, 2.75) is 40.0 Å². The zero-order valence-corrected chi connectivity index (χ0v) is 16.7. The standard InChI is InChI=1S/C22H30N4O/c1-4-25(5-2)18-9-10-20(17(3)15-18)24-22(27)21-16-19(11-12-23-21)26-13-7-6-8-14-26/h9-12,15-16H,4-8,13-14H2,1-3H3,(H,24,27). The van der Waals surface area contributed by atoms with E-state index in [-0.39, 0.29) is 5.91 Å². The highest BCUT2D eigenvalue weighted by Gasteiger charge is 2.15. The van der Waals surface area contributed by atoms with E-state index in [1.54, 1.807) is 6.20 Å². The van der Waals surface area contributed by atoms with E-state index >= 15 is 0 Å². The molecule has 0 aliphatic carbocycles. The highest BCUT2D eigenvalue weighted by molar-refractivity contribution is 6.03. The summed E-state index contributed by atoms with van der Waals surface area (Å²) in [6.45, 7) is 10.4. The molecule has 0 spiro atoms. The first-order chi connectivity index (χ1) is 13.1. The Labute approximate surface area is 162 Å². The third-order valence-corrected chi connectivity index (χ3v) is 5.28. The number of amides is 1. The molecular formula is C22H30N4O. The molecule has 2 heterocycles. The van der Waals surface area contributed by atoms with E-state index in [1.807, 2.05) is 25.1 Å². The van der Waals surface area contributed by atoms with E-state index in [9.17, 15) is 4.79 Å². The molecule has 1 amide bonds. The fourth-order valence-electron chi connectivity index (χ4n) is 3.65. The van der Waals surface area contributed by atoms with Gasteiger partial charge in [0, 0.05) is 49.4 Å². The number of aromatic nitrogens is 1. The molecule has 0 saturated carbocycles. The van der Waals surface area contributed by atoms with Crippen LogP contribution in [0, 0.1) is 6.92 Å². The van der Waals surface area contributed by atoms with Crippen molar-refractivity contribution in [3.63, 3.8) is 0 Å². The van der Waals surface area contributed by atoms with Crippen LogP contribution in [-0.4, -0.2) is 37.1 Å². The summed E-state index contributed by atoms with van der Waals surface area (Å²) in [7, 11) is 0. The van der Waals surface area contributed by atoms with E-state index in [0.29, 0.717) is 5.69 Å². The third kappa shape index (κ3) is 4.59. The van der Waals surface area contributed by atoms with Crippen molar-refractivity contribution in [3.05, 3.63) is 47.8 Å². The topological polar surface area (TPSA) is 48.5 Å². The molecule has 144 valence electrons. The summed E-state index contributed by atoms with van der Waals surface area (Å²) >= 11 is 0. The predicted molar refractivity (Wildman–Crippen MR) is 113 cm³/mol. The molecule has 1 fully saturated rings. The van der Waals surface area contributed by atoms with Crippen LogP contribution in [0.25, 0.3) is 0 Å². The molecule has 1 saturated heterocycles. The lowest BCUT2D eigenvalue weighted by Crippen LogP contribution is -2.29. The van der Waals surface area contributed by atoms with Crippen molar-refractivity contribution in [1.29, 1.82) is 0 Å². The van der Waals surface area contributed by atoms with Gasteiger partial charge in [-0.3, -0.25) is 9.78 Å². The normalized spacial score (nSPS) is 14.1. The summed E-state index contributed by atoms with van der Waals surface area (Å²) in [6.07, 6.45) is 5.44. The molecule has 27 heavy (non-hydrogen) atoms. The number of aryl methyl sites for hydroxylation is 1. The fourth-order valence-corrected chi connectivity index (χ4v) is 3.65. The quantitative estimate of drug-likeness (QED) is 0.819. The molecule has 0 bridgehead atoms. The van der Waals surface area contributed by atoms with E-state index in [4.69, 9.17) is 0 Å². The fraction of sp³-hybridized carbons (Fsp3) is 0.455. The van der Waals surface area contributed by atoms with E-state index < -0.39 is 0 Å². The molecule has 0 radical (unpaired) electrons. The monoisotopic (exact) mass is 366 g/mol. The van der Waals surface area contributed by atoms with Crippen molar-refractivity contribution in [2.24, 2.45) is 0 Å². The number of hydrogen-bond donors (Lipinski definition) is 1. The highest BCUT2D eigenvalue weighted by Crippen LogP contribution is 2.24. The minimum Gasteiger partial charge on any atom is -0.372 e. The van der Waals surface area contributed by atoms with Gasteiger partial charge in [-0.05, 0) is 75.9 Å². The molecule has 0 unspecified atom stereocenters. The van der Waals surface area contributed by atoms with Crippen molar-refractivity contribution in [2.75, 3.05) is 41.3 Å². The summed E-state index contributed by atoms with van der Waals surface area (Å²) in [5.41, 5.74) is 4.62. The van der Waals surface area contributed by atoms with Crippen LogP contribution in [0.1, 0.15) is 49.2 Å². The van der Waals surface area contributed by atoms with Gasteiger partial charge in [-0.1, -0.05) is 0 Å². The lowest BCUT2D eigenvalue weighted by Gasteiger charge is -2.28. The number of piperidine rings is 1. The average Bonchev–Trinajstić information content (AvgIpc) is 2.71. The van der Waals surface area contributed by atoms with Gasteiger partial charge in [0.05, 0.1) is 0 Å². The maximum atomic E-state index is 12.7. The van der Waals surface area contributed by atoms with Crippen molar-refractivity contribution >= 4 is 23.0 Å². The van der Waals surface area contributed by atoms with Gasteiger partial charge < -0.3 is 15.1 Å². The van der Waals surface area contributed by atoms with Crippen LogP contribution in [-0.2, 0) is 0 Å². The maximum absolute atomic E-state index is 12.7. The molecule has 0 atom stereocenters. The highest BCUT2D eigenvalue weighted by atomic mass is 16.1. The number of benzene rings is 1. The number of nitrogens with one attached hydrogen (secondary N) is 1. The van der Waals surface area contributed by atoms with Gasteiger partial charge in [0.25, 0.3) is 5.91 Å². The van der Waals surface area contributed by atoms with E-state index in [1.165, 1.54) is 24.9 Å². The first-order valence-electron chi connectivity index (χ1n) is 10.00. The zero-order valence-electron chi connectivity index (χ0n) is 16.7. The average molecular weight is 367 g/mol. The summed E-state index contributed by atoms with van der Waals surface area (Å²) in [5.74, 6) is -0.160. The van der Waals surface area contributed by atoms with Crippen LogP contribution in [0.15, 0.2) is 36.5 Å². The van der Waals surface area contributed by atoms with Gasteiger partial charge in [0.15, 0.2) is 0 Å². The maximum Gasteiger partial charge on any atom is 0.274 e. The lowest BCUT2D eigenvalue weighted by molar-refractivity contribution is 0.102. The summed E-state index contributed by atoms with van der Waals surface area (Å²) < 4.78 is 0. The van der Waals surface area contributed by atoms with E-state index in [2.05, 4.69) is 46.1 Å². The second-order valence-corrected chi connectivity index (χ2v) is 7.07. The predicted octanol–water partition coefficient (Wildman–Crippen LogP) is 4.48. The Balaban J connectivity index is 1.73. The number of carbonyl (C=O) groups excluding carboxylic acids is 1. The minimum atomic E-state index is -0.160. The largest absolute Gasteiger partial charge is 0.372 e. The van der Waals surface area contributed by atoms with Crippen molar-refractivity contribution in [3.8, 4) is 0 Å². The second kappa shape index (κ2) is 8.89. The molecule has 3 rings (SSSR count). The van der Waals surface area contributed by atoms with Crippen LogP contribution >= 0.6 is 0 Å². The number of anilines is 3. The number of pyridine rings is 1. The smallest absolute Gasteiger partial charge is 0.274 e. The van der Waals surface area contributed by atoms with Crippen LogP contribution in [0.5, 0.6) is 0 Å². The summed E-state index contributed by atoms with van der Waals surface area (Å²) in [4.78, 5) is 21.6. The Morgan fingerprint density at radius 3 is 2.52 bits per heavy atom. The Morgan fingerprint density at radius 2 is 1.85 bits per heavy atom. The second-order valence-electron chi connectivity index (χ2n) is 7.07. The van der Waals surface area contributed by atoms with Gasteiger partial charge in [0.1, 0.15) is 5.69 Å². The molecule has 2 aromatic rings. The van der Waals surface area contributed by atoms with Gasteiger partial charge >= 0.3 is 0 Å². The van der Waals surface area contributed by atoms with Crippen molar-refractivity contribution < 1.29 is 4.79 Å². The van der Waals surface area contributed by atoms with Crippen LogP contribution in [0.2, 0.25) is 0 Å². The Kier molecular flexibility index (Phi) is 6.32. The number of rotatable bonds is 6. The molecular weight excluding hydrogens is 336 g/mol.